The average molecular weight is 401 g/mol. The van der Waals surface area contributed by atoms with Crippen LogP contribution in [0.15, 0.2) is 42.4 Å². The molecule has 1 aromatic heterocycles. The summed E-state index contributed by atoms with van der Waals surface area (Å²) in [6.45, 7) is 13.0. The van der Waals surface area contributed by atoms with Gasteiger partial charge in [0.1, 0.15) is 11.4 Å². The van der Waals surface area contributed by atoms with Crippen LogP contribution in [0, 0.1) is 10.1 Å². The van der Waals surface area contributed by atoms with Crippen LogP contribution in [0.25, 0.3) is 10.9 Å². The number of hydrogen-bond donors (Lipinski definition) is 0. The maximum Gasteiger partial charge on any atom is 0.295 e. The molecule has 1 atom stereocenters. The van der Waals surface area contributed by atoms with E-state index in [0.717, 1.165) is 16.7 Å². The minimum atomic E-state index is -2.02. The van der Waals surface area contributed by atoms with Crippen molar-refractivity contribution in [2.75, 3.05) is 4.90 Å². The number of hydrogen-bond acceptors (Lipinski definition) is 5. The molecule has 0 aliphatic carbocycles. The Morgan fingerprint density at radius 3 is 2.57 bits per heavy atom. The summed E-state index contributed by atoms with van der Waals surface area (Å²) in [5.74, 6) is 0.842. The Balaban J connectivity index is 2.01. The van der Waals surface area contributed by atoms with Gasteiger partial charge in [-0.1, -0.05) is 20.8 Å². The molecule has 0 amide bonds. The molecule has 0 fully saturated rings. The van der Waals surface area contributed by atoms with Gasteiger partial charge in [-0.25, -0.2) is 0 Å². The first-order valence-electron chi connectivity index (χ1n) is 9.38. The van der Waals surface area contributed by atoms with Crippen LogP contribution in [0.1, 0.15) is 27.7 Å². The molecule has 0 N–H and O–H groups in total. The first-order chi connectivity index (χ1) is 12.9. The molecule has 1 aliphatic rings. The van der Waals surface area contributed by atoms with Crippen LogP contribution >= 0.6 is 0 Å². The zero-order valence-corrected chi connectivity index (χ0v) is 18.6. The van der Waals surface area contributed by atoms with E-state index in [2.05, 4.69) is 39.0 Å². The molecule has 2 heterocycles. The number of benzene rings is 1. The average Bonchev–Trinajstić information content (AvgIpc) is 2.95. The first-order valence-corrected chi connectivity index (χ1v) is 12.3. The number of nitro benzene ring substituents is 1. The number of nitro groups is 1. The van der Waals surface area contributed by atoms with Crippen molar-refractivity contribution in [3.63, 3.8) is 0 Å². The van der Waals surface area contributed by atoms with Crippen molar-refractivity contribution in [2.45, 2.75) is 51.9 Å². The molecule has 8 heteroatoms. The monoisotopic (exact) mass is 400 g/mol. The van der Waals surface area contributed by atoms with Crippen LogP contribution in [0.2, 0.25) is 18.1 Å². The molecule has 0 spiro atoms. The molecule has 0 bridgehead atoms. The van der Waals surface area contributed by atoms with Crippen molar-refractivity contribution in [1.82, 2.24) is 9.78 Å². The van der Waals surface area contributed by atoms with Crippen molar-refractivity contribution in [2.24, 2.45) is 7.05 Å². The fourth-order valence-corrected chi connectivity index (χ4v) is 4.16. The minimum Gasteiger partial charge on any atom is -0.545 e. The summed E-state index contributed by atoms with van der Waals surface area (Å²) < 4.78 is 8.17. The first kappa shape index (κ1) is 20.1. The molecular formula is C20H28N4O3Si. The van der Waals surface area contributed by atoms with E-state index >= 15 is 0 Å². The fourth-order valence-electron chi connectivity index (χ4n) is 3.02. The van der Waals surface area contributed by atoms with Crippen LogP contribution < -0.4 is 4.90 Å². The molecule has 0 saturated heterocycles. The SMILES string of the molecule is C[C@H]1C(O[Si](C)(C)C(C)(C)C)=CC=CN1c1cc2cnn(C)c2cc1[N+](=O)[O-]. The lowest BCUT2D eigenvalue weighted by Crippen LogP contribution is -2.44. The van der Waals surface area contributed by atoms with Gasteiger partial charge in [0.05, 0.1) is 22.7 Å². The lowest BCUT2D eigenvalue weighted by Gasteiger charge is -2.41. The lowest BCUT2D eigenvalue weighted by molar-refractivity contribution is -0.384. The van der Waals surface area contributed by atoms with E-state index in [0.29, 0.717) is 5.69 Å². The number of nitrogens with zero attached hydrogens (tertiary/aromatic N) is 4. The molecule has 3 rings (SSSR count). The van der Waals surface area contributed by atoms with Gasteiger partial charge >= 0.3 is 0 Å². The van der Waals surface area contributed by atoms with E-state index in [4.69, 9.17) is 4.43 Å². The number of anilines is 1. The van der Waals surface area contributed by atoms with Gasteiger partial charge in [-0.3, -0.25) is 14.8 Å². The van der Waals surface area contributed by atoms with Crippen LogP contribution in [0.4, 0.5) is 11.4 Å². The second-order valence-corrected chi connectivity index (χ2v) is 13.5. The molecular weight excluding hydrogens is 372 g/mol. The number of rotatable bonds is 4. The molecule has 0 unspecified atom stereocenters. The number of aryl methyl sites for hydroxylation is 1. The third kappa shape index (κ3) is 3.44. The Morgan fingerprint density at radius 1 is 1.29 bits per heavy atom. The van der Waals surface area contributed by atoms with Gasteiger partial charge in [-0.2, -0.15) is 5.10 Å². The predicted molar refractivity (Wildman–Crippen MR) is 115 cm³/mol. The minimum absolute atomic E-state index is 0.0566. The van der Waals surface area contributed by atoms with Gasteiger partial charge in [0.25, 0.3) is 5.69 Å². The topological polar surface area (TPSA) is 73.4 Å². The van der Waals surface area contributed by atoms with Crippen molar-refractivity contribution in [1.29, 1.82) is 0 Å². The molecule has 150 valence electrons. The zero-order valence-electron chi connectivity index (χ0n) is 17.6. The predicted octanol–water partition coefficient (Wildman–Crippen LogP) is 5.11. The van der Waals surface area contributed by atoms with Crippen LogP contribution in [-0.2, 0) is 11.5 Å². The highest BCUT2D eigenvalue weighted by Gasteiger charge is 2.41. The molecule has 1 aromatic carbocycles. The third-order valence-corrected chi connectivity index (χ3v) is 10.2. The molecule has 0 radical (unpaired) electrons. The molecule has 7 nitrogen and oxygen atoms in total. The zero-order chi connectivity index (χ0) is 20.9. The summed E-state index contributed by atoms with van der Waals surface area (Å²) >= 11 is 0. The standard InChI is InChI=1S/C20H28N4O3Si/c1-14-19(27-28(6,7)20(2,3)4)9-8-10-23(14)17-11-15-13-21-22(5)16(15)12-18(17)24(25)26/h8-14H,1-7H3/t14-/m0/s1. The van der Waals surface area contributed by atoms with Gasteiger partial charge in [0.15, 0.2) is 0 Å². The number of allylic oxidation sites excluding steroid dienone is 2. The second kappa shape index (κ2) is 6.77. The summed E-state index contributed by atoms with van der Waals surface area (Å²) in [5.41, 5.74) is 1.33. The van der Waals surface area contributed by atoms with E-state index < -0.39 is 8.32 Å². The van der Waals surface area contributed by atoms with E-state index in [9.17, 15) is 10.1 Å². The highest BCUT2D eigenvalue weighted by atomic mass is 28.4. The van der Waals surface area contributed by atoms with Gasteiger partial charge < -0.3 is 9.33 Å². The Hall–Kier alpha value is -2.61. The Morgan fingerprint density at radius 2 is 1.96 bits per heavy atom. The van der Waals surface area contributed by atoms with Gasteiger partial charge in [-0.15, -0.1) is 0 Å². The van der Waals surface area contributed by atoms with Crippen molar-refractivity contribution in [3.05, 3.63) is 52.6 Å². The maximum atomic E-state index is 11.8. The lowest BCUT2D eigenvalue weighted by atomic mass is 10.1. The van der Waals surface area contributed by atoms with Crippen molar-refractivity contribution >= 4 is 30.6 Å². The largest absolute Gasteiger partial charge is 0.545 e. The quantitative estimate of drug-likeness (QED) is 0.405. The summed E-state index contributed by atoms with van der Waals surface area (Å²) in [5, 5.41) is 16.9. The van der Waals surface area contributed by atoms with Crippen molar-refractivity contribution in [3.8, 4) is 0 Å². The summed E-state index contributed by atoms with van der Waals surface area (Å²) in [7, 11) is -0.236. The highest BCUT2D eigenvalue weighted by Crippen LogP contribution is 2.41. The summed E-state index contributed by atoms with van der Waals surface area (Å²) in [4.78, 5) is 13.3. The van der Waals surface area contributed by atoms with E-state index in [1.165, 1.54) is 0 Å². The Labute approximate surface area is 166 Å². The second-order valence-electron chi connectivity index (χ2n) is 8.78. The van der Waals surface area contributed by atoms with Crippen LogP contribution in [0.5, 0.6) is 0 Å². The van der Waals surface area contributed by atoms with E-state index in [-0.39, 0.29) is 21.7 Å². The van der Waals surface area contributed by atoms with E-state index in [1.807, 2.05) is 36.2 Å². The normalized spacial score (nSPS) is 17.8. The Bertz CT molecular complexity index is 985. The highest BCUT2D eigenvalue weighted by molar-refractivity contribution is 6.74. The van der Waals surface area contributed by atoms with Crippen molar-refractivity contribution < 1.29 is 9.35 Å². The molecule has 28 heavy (non-hydrogen) atoms. The molecule has 1 aliphatic heterocycles. The number of aromatic nitrogens is 2. The van der Waals surface area contributed by atoms with Crippen LogP contribution in [-0.4, -0.2) is 29.1 Å². The smallest absolute Gasteiger partial charge is 0.295 e. The van der Waals surface area contributed by atoms with Gasteiger partial charge in [0.2, 0.25) is 8.32 Å². The van der Waals surface area contributed by atoms with E-state index in [1.54, 1.807) is 24.0 Å². The fraction of sp³-hybridized carbons (Fsp3) is 0.450. The van der Waals surface area contributed by atoms with Crippen LogP contribution in [0.3, 0.4) is 0 Å². The Kier molecular flexibility index (Phi) is 4.87. The number of fused-ring (bicyclic) bond motifs is 1. The van der Waals surface area contributed by atoms with Gasteiger partial charge in [0, 0.05) is 24.7 Å². The summed E-state index contributed by atoms with van der Waals surface area (Å²) in [6, 6.07) is 3.27. The molecule has 2 aromatic rings. The third-order valence-electron chi connectivity index (χ3n) is 5.83. The molecule has 0 saturated carbocycles. The van der Waals surface area contributed by atoms with Gasteiger partial charge in [-0.05, 0) is 43.3 Å². The maximum absolute atomic E-state index is 11.8. The summed E-state index contributed by atoms with van der Waals surface area (Å²) in [6.07, 6.45) is 7.45.